The molecule has 0 aliphatic rings. The van der Waals surface area contributed by atoms with E-state index in [9.17, 15) is 0 Å². The molecule has 90 valence electrons. The number of rotatable bonds is 6. The number of nitrogens with one attached hydrogen (secondary N) is 1. The van der Waals surface area contributed by atoms with E-state index >= 15 is 0 Å². The number of aryl methyl sites for hydroxylation is 1. The van der Waals surface area contributed by atoms with E-state index in [0.29, 0.717) is 12.0 Å². The lowest BCUT2D eigenvalue weighted by molar-refractivity contribution is 0.494. The zero-order valence-corrected chi connectivity index (χ0v) is 11.1. The second-order valence-electron chi connectivity index (χ2n) is 4.63. The molecule has 1 aromatic rings. The summed E-state index contributed by atoms with van der Waals surface area (Å²) in [7, 11) is 0. The largest absolute Gasteiger partial charge is 0.314 e. The molecule has 1 heteroatoms. The fourth-order valence-corrected chi connectivity index (χ4v) is 2.11. The summed E-state index contributed by atoms with van der Waals surface area (Å²) in [6, 6.07) is 9.58. The standard InChI is InChI=1S/C15H25N/c1-5-8-14-9-7-10-15(11-14)12(3)13(4)16-6-2/h7,9-13,16H,5-6,8H2,1-4H3. The van der Waals surface area contributed by atoms with Gasteiger partial charge in [0.2, 0.25) is 0 Å². The van der Waals surface area contributed by atoms with Crippen molar-refractivity contribution in [3.8, 4) is 0 Å². The Bertz CT molecular complexity index is 306. The highest BCUT2D eigenvalue weighted by Gasteiger charge is 2.13. The van der Waals surface area contributed by atoms with Crippen LogP contribution in [0.2, 0.25) is 0 Å². The molecule has 0 spiro atoms. The lowest BCUT2D eigenvalue weighted by Gasteiger charge is -2.21. The van der Waals surface area contributed by atoms with Crippen molar-refractivity contribution < 1.29 is 0 Å². The van der Waals surface area contributed by atoms with Crippen molar-refractivity contribution in [2.45, 2.75) is 52.5 Å². The van der Waals surface area contributed by atoms with Gasteiger partial charge in [0.25, 0.3) is 0 Å². The van der Waals surface area contributed by atoms with Crippen molar-refractivity contribution in [2.75, 3.05) is 6.54 Å². The topological polar surface area (TPSA) is 12.0 Å². The Morgan fingerprint density at radius 3 is 2.56 bits per heavy atom. The van der Waals surface area contributed by atoms with Crippen LogP contribution < -0.4 is 5.32 Å². The van der Waals surface area contributed by atoms with Crippen LogP contribution in [0.25, 0.3) is 0 Å². The van der Waals surface area contributed by atoms with Gasteiger partial charge in [-0.15, -0.1) is 0 Å². The van der Waals surface area contributed by atoms with Gasteiger partial charge in [0.1, 0.15) is 0 Å². The van der Waals surface area contributed by atoms with Crippen molar-refractivity contribution in [3.63, 3.8) is 0 Å². The van der Waals surface area contributed by atoms with E-state index < -0.39 is 0 Å². The minimum atomic E-state index is 0.543. The van der Waals surface area contributed by atoms with Crippen molar-refractivity contribution in [1.82, 2.24) is 5.32 Å². The Labute approximate surface area is 100 Å². The fourth-order valence-electron chi connectivity index (χ4n) is 2.11. The number of likely N-dealkylation sites (N-methyl/N-ethyl adjacent to an activating group) is 1. The van der Waals surface area contributed by atoms with Crippen molar-refractivity contribution >= 4 is 0 Å². The van der Waals surface area contributed by atoms with Crippen molar-refractivity contribution in [2.24, 2.45) is 0 Å². The molecule has 0 amide bonds. The average Bonchev–Trinajstić information content (AvgIpc) is 2.29. The molecule has 1 nitrogen and oxygen atoms in total. The molecule has 1 rings (SSSR count). The molecule has 0 radical (unpaired) electrons. The summed E-state index contributed by atoms with van der Waals surface area (Å²) in [6.45, 7) is 10.0. The summed E-state index contributed by atoms with van der Waals surface area (Å²) in [4.78, 5) is 0. The minimum absolute atomic E-state index is 0.543. The number of hydrogen-bond acceptors (Lipinski definition) is 1. The van der Waals surface area contributed by atoms with Gasteiger partial charge < -0.3 is 5.32 Å². The predicted molar refractivity (Wildman–Crippen MR) is 72.0 cm³/mol. The van der Waals surface area contributed by atoms with Crippen LogP contribution in [0.1, 0.15) is 51.2 Å². The lowest BCUT2D eigenvalue weighted by Crippen LogP contribution is -2.30. The Kier molecular flexibility index (Phi) is 5.54. The molecule has 0 aliphatic heterocycles. The van der Waals surface area contributed by atoms with Crippen LogP contribution in [0.5, 0.6) is 0 Å². The molecular formula is C15H25N. The van der Waals surface area contributed by atoms with Crippen LogP contribution in [-0.4, -0.2) is 12.6 Å². The molecule has 0 bridgehead atoms. The summed E-state index contributed by atoms with van der Waals surface area (Å²) in [6.07, 6.45) is 2.41. The second kappa shape index (κ2) is 6.70. The number of hydrogen-bond donors (Lipinski definition) is 1. The van der Waals surface area contributed by atoms with Gasteiger partial charge >= 0.3 is 0 Å². The first-order valence-corrected chi connectivity index (χ1v) is 6.51. The van der Waals surface area contributed by atoms with Crippen LogP contribution >= 0.6 is 0 Å². The first-order chi connectivity index (χ1) is 7.69. The normalized spacial score (nSPS) is 14.8. The van der Waals surface area contributed by atoms with Gasteiger partial charge in [-0.05, 0) is 36.9 Å². The monoisotopic (exact) mass is 219 g/mol. The third kappa shape index (κ3) is 3.64. The summed E-state index contributed by atoms with van der Waals surface area (Å²) < 4.78 is 0. The quantitative estimate of drug-likeness (QED) is 0.768. The van der Waals surface area contributed by atoms with E-state index in [0.717, 1.165) is 6.54 Å². The van der Waals surface area contributed by atoms with Gasteiger partial charge in [-0.3, -0.25) is 0 Å². The summed E-state index contributed by atoms with van der Waals surface area (Å²) in [5, 5.41) is 3.50. The first-order valence-electron chi connectivity index (χ1n) is 6.51. The molecule has 1 N–H and O–H groups in total. The summed E-state index contributed by atoms with van der Waals surface area (Å²) in [5.41, 5.74) is 2.93. The smallest absolute Gasteiger partial charge is 0.0105 e. The molecule has 0 aliphatic carbocycles. The van der Waals surface area contributed by atoms with Crippen molar-refractivity contribution in [3.05, 3.63) is 35.4 Å². The van der Waals surface area contributed by atoms with E-state index in [1.54, 1.807) is 0 Å². The zero-order chi connectivity index (χ0) is 12.0. The molecule has 16 heavy (non-hydrogen) atoms. The highest BCUT2D eigenvalue weighted by molar-refractivity contribution is 5.27. The molecule has 0 fully saturated rings. The van der Waals surface area contributed by atoms with Gasteiger partial charge in [-0.25, -0.2) is 0 Å². The third-order valence-corrected chi connectivity index (χ3v) is 3.29. The summed E-state index contributed by atoms with van der Waals surface area (Å²) in [5.74, 6) is 0.580. The van der Waals surface area contributed by atoms with Gasteiger partial charge in [0.15, 0.2) is 0 Å². The maximum Gasteiger partial charge on any atom is 0.0105 e. The van der Waals surface area contributed by atoms with E-state index in [4.69, 9.17) is 0 Å². The molecule has 1 aromatic carbocycles. The van der Waals surface area contributed by atoms with Crippen molar-refractivity contribution in [1.29, 1.82) is 0 Å². The predicted octanol–water partition coefficient (Wildman–Crippen LogP) is 3.74. The number of benzene rings is 1. The van der Waals surface area contributed by atoms with Gasteiger partial charge in [0.05, 0.1) is 0 Å². The summed E-state index contributed by atoms with van der Waals surface area (Å²) >= 11 is 0. The lowest BCUT2D eigenvalue weighted by atomic mass is 9.92. The van der Waals surface area contributed by atoms with Gasteiger partial charge in [0, 0.05) is 6.04 Å². The molecule has 0 heterocycles. The second-order valence-corrected chi connectivity index (χ2v) is 4.63. The van der Waals surface area contributed by atoms with Gasteiger partial charge in [-0.2, -0.15) is 0 Å². The van der Waals surface area contributed by atoms with Crippen LogP contribution in [0, 0.1) is 0 Å². The molecule has 0 aromatic heterocycles. The minimum Gasteiger partial charge on any atom is -0.314 e. The van der Waals surface area contributed by atoms with Gasteiger partial charge in [-0.1, -0.05) is 51.5 Å². The van der Waals surface area contributed by atoms with E-state index in [1.165, 1.54) is 24.0 Å². The third-order valence-electron chi connectivity index (χ3n) is 3.29. The first kappa shape index (κ1) is 13.2. The highest BCUT2D eigenvalue weighted by Crippen LogP contribution is 2.20. The van der Waals surface area contributed by atoms with Crippen LogP contribution in [0.3, 0.4) is 0 Å². The van der Waals surface area contributed by atoms with Crippen LogP contribution in [-0.2, 0) is 6.42 Å². The van der Waals surface area contributed by atoms with E-state index in [1.807, 2.05) is 0 Å². The Hall–Kier alpha value is -0.820. The average molecular weight is 219 g/mol. The molecular weight excluding hydrogens is 194 g/mol. The molecule has 0 saturated carbocycles. The molecule has 2 unspecified atom stereocenters. The van der Waals surface area contributed by atoms with E-state index in [-0.39, 0.29) is 0 Å². The fraction of sp³-hybridized carbons (Fsp3) is 0.600. The van der Waals surface area contributed by atoms with E-state index in [2.05, 4.69) is 57.3 Å². The Balaban J connectivity index is 2.74. The highest BCUT2D eigenvalue weighted by atomic mass is 14.9. The Morgan fingerprint density at radius 1 is 1.19 bits per heavy atom. The molecule has 0 saturated heterocycles. The maximum atomic E-state index is 3.50. The van der Waals surface area contributed by atoms with Crippen LogP contribution in [0.15, 0.2) is 24.3 Å². The van der Waals surface area contributed by atoms with Crippen LogP contribution in [0.4, 0.5) is 0 Å². The SMILES string of the molecule is CCCc1cccc(C(C)C(C)NCC)c1. The molecule has 2 atom stereocenters. The maximum absolute atomic E-state index is 3.50. The Morgan fingerprint density at radius 2 is 1.94 bits per heavy atom. The zero-order valence-electron chi connectivity index (χ0n) is 11.1.